The van der Waals surface area contributed by atoms with Crippen LogP contribution in [0.15, 0.2) is 18.2 Å². The van der Waals surface area contributed by atoms with E-state index in [1.54, 1.807) is 11.9 Å². The lowest BCUT2D eigenvalue weighted by Gasteiger charge is -2.17. The van der Waals surface area contributed by atoms with Gasteiger partial charge in [0.05, 0.1) is 12.2 Å². The summed E-state index contributed by atoms with van der Waals surface area (Å²) in [5.74, 6) is 0.707. The van der Waals surface area contributed by atoms with Gasteiger partial charge in [-0.15, -0.1) is 0 Å². The van der Waals surface area contributed by atoms with Crippen LogP contribution in [0.2, 0.25) is 0 Å². The molecular weight excluding hydrogens is 192 g/mol. The molecule has 0 saturated heterocycles. The van der Waals surface area contributed by atoms with Gasteiger partial charge >= 0.3 is 0 Å². The smallest absolute Gasteiger partial charge is 0.239 e. The van der Waals surface area contributed by atoms with Crippen molar-refractivity contribution in [2.45, 2.75) is 6.54 Å². The molecule has 5 nitrogen and oxygen atoms in total. The van der Waals surface area contributed by atoms with Crippen LogP contribution in [-0.2, 0) is 11.3 Å². The van der Waals surface area contributed by atoms with E-state index in [2.05, 4.69) is 10.3 Å². The summed E-state index contributed by atoms with van der Waals surface area (Å²) in [7, 11) is 3.43. The van der Waals surface area contributed by atoms with Gasteiger partial charge in [-0.3, -0.25) is 4.79 Å². The van der Waals surface area contributed by atoms with E-state index in [0.717, 1.165) is 11.5 Å². The minimum Gasteiger partial charge on any atom is -0.358 e. The molecular formula is C10H16N4O. The summed E-state index contributed by atoms with van der Waals surface area (Å²) in [6, 6.07) is 5.59. The Bertz CT molecular complexity index is 340. The zero-order valence-electron chi connectivity index (χ0n) is 9.03. The molecule has 1 amide bonds. The number of hydrogen-bond acceptors (Lipinski definition) is 4. The lowest BCUT2D eigenvalue weighted by Crippen LogP contribution is -2.33. The molecule has 0 fully saturated rings. The highest BCUT2D eigenvalue weighted by Gasteiger charge is 2.06. The number of carbonyl (C=O) groups excluding carboxylic acids is 1. The zero-order valence-corrected chi connectivity index (χ0v) is 9.03. The third-order valence-corrected chi connectivity index (χ3v) is 2.05. The van der Waals surface area contributed by atoms with Crippen LogP contribution in [0.25, 0.3) is 0 Å². The fourth-order valence-electron chi connectivity index (χ4n) is 1.17. The molecule has 0 aliphatic rings. The summed E-state index contributed by atoms with van der Waals surface area (Å²) < 4.78 is 0. The maximum Gasteiger partial charge on any atom is 0.239 e. The Hall–Kier alpha value is -1.62. The topological polar surface area (TPSA) is 71.2 Å². The fraction of sp³-hybridized carbons (Fsp3) is 0.400. The number of hydrogen-bond donors (Lipinski definition) is 2. The number of rotatable bonds is 4. The van der Waals surface area contributed by atoms with Crippen LogP contribution in [0.5, 0.6) is 0 Å². The molecule has 0 aromatic carbocycles. The van der Waals surface area contributed by atoms with E-state index in [1.807, 2.05) is 25.2 Å². The highest BCUT2D eigenvalue weighted by molar-refractivity contribution is 5.80. The normalized spacial score (nSPS) is 9.80. The number of likely N-dealkylation sites (N-methyl/N-ethyl adjacent to an activating group) is 2. The van der Waals surface area contributed by atoms with E-state index in [4.69, 9.17) is 5.73 Å². The third-order valence-electron chi connectivity index (χ3n) is 2.05. The second kappa shape index (κ2) is 5.31. The molecule has 5 heteroatoms. The van der Waals surface area contributed by atoms with Crippen LogP contribution in [0, 0.1) is 0 Å². The number of carbonyl (C=O) groups is 1. The van der Waals surface area contributed by atoms with E-state index < -0.39 is 0 Å². The largest absolute Gasteiger partial charge is 0.358 e. The van der Waals surface area contributed by atoms with E-state index in [9.17, 15) is 4.79 Å². The standard InChI is InChI=1S/C10H16N4O/c1-12-10(15)7-14(2)9-5-3-4-8(6-11)13-9/h3-5H,6-7,11H2,1-2H3,(H,12,15). The van der Waals surface area contributed by atoms with E-state index >= 15 is 0 Å². The second-order valence-corrected chi connectivity index (χ2v) is 3.22. The molecule has 0 bridgehead atoms. The highest BCUT2D eigenvalue weighted by atomic mass is 16.1. The number of aromatic nitrogens is 1. The quantitative estimate of drug-likeness (QED) is 0.714. The van der Waals surface area contributed by atoms with Gasteiger partial charge in [-0.05, 0) is 12.1 Å². The Morgan fingerprint density at radius 2 is 2.33 bits per heavy atom. The average Bonchev–Trinajstić information content (AvgIpc) is 2.28. The minimum atomic E-state index is -0.0440. The predicted octanol–water partition coefficient (Wildman–Crippen LogP) is -0.278. The molecule has 0 spiro atoms. The first-order valence-electron chi connectivity index (χ1n) is 4.75. The summed E-state index contributed by atoms with van der Waals surface area (Å²) in [5, 5.41) is 2.56. The summed E-state index contributed by atoms with van der Waals surface area (Å²) in [6.45, 7) is 0.694. The van der Waals surface area contributed by atoms with Crippen LogP contribution in [0.4, 0.5) is 5.82 Å². The molecule has 0 atom stereocenters. The van der Waals surface area contributed by atoms with E-state index in [-0.39, 0.29) is 12.5 Å². The molecule has 0 aliphatic carbocycles. The summed E-state index contributed by atoms with van der Waals surface area (Å²) in [5.41, 5.74) is 6.30. The molecule has 0 saturated carbocycles. The number of nitrogens with two attached hydrogens (primary N) is 1. The van der Waals surface area contributed by atoms with Gasteiger partial charge in [0.15, 0.2) is 0 Å². The van der Waals surface area contributed by atoms with Crippen LogP contribution < -0.4 is 16.0 Å². The van der Waals surface area contributed by atoms with Gasteiger partial charge in [0.25, 0.3) is 0 Å². The van der Waals surface area contributed by atoms with Gasteiger partial charge in [0.2, 0.25) is 5.91 Å². The number of nitrogens with zero attached hydrogens (tertiary/aromatic N) is 2. The summed E-state index contributed by atoms with van der Waals surface area (Å²) >= 11 is 0. The van der Waals surface area contributed by atoms with Gasteiger partial charge < -0.3 is 16.0 Å². The first-order chi connectivity index (χ1) is 7.17. The van der Waals surface area contributed by atoms with Crippen LogP contribution in [-0.4, -0.2) is 31.5 Å². The van der Waals surface area contributed by atoms with Crippen LogP contribution >= 0.6 is 0 Å². The van der Waals surface area contributed by atoms with Crippen molar-refractivity contribution in [3.8, 4) is 0 Å². The monoisotopic (exact) mass is 208 g/mol. The Morgan fingerprint density at radius 1 is 1.60 bits per heavy atom. The molecule has 15 heavy (non-hydrogen) atoms. The highest BCUT2D eigenvalue weighted by Crippen LogP contribution is 2.08. The SMILES string of the molecule is CNC(=O)CN(C)c1cccc(CN)n1. The number of anilines is 1. The predicted molar refractivity (Wildman–Crippen MR) is 59.5 cm³/mol. The first kappa shape index (κ1) is 11.5. The van der Waals surface area contributed by atoms with Crippen LogP contribution in [0.1, 0.15) is 5.69 Å². The van der Waals surface area contributed by atoms with Crippen molar-refractivity contribution in [2.75, 3.05) is 25.5 Å². The fourth-order valence-corrected chi connectivity index (χ4v) is 1.17. The van der Waals surface area contributed by atoms with Crippen molar-refractivity contribution in [3.63, 3.8) is 0 Å². The minimum absolute atomic E-state index is 0.0440. The van der Waals surface area contributed by atoms with E-state index in [0.29, 0.717) is 6.54 Å². The number of nitrogens with one attached hydrogen (secondary N) is 1. The summed E-state index contributed by atoms with van der Waals surface area (Å²) in [4.78, 5) is 17.2. The Balaban J connectivity index is 2.72. The van der Waals surface area contributed by atoms with Crippen molar-refractivity contribution >= 4 is 11.7 Å². The molecule has 0 aliphatic heterocycles. The number of pyridine rings is 1. The molecule has 0 radical (unpaired) electrons. The zero-order chi connectivity index (χ0) is 11.3. The number of amides is 1. The second-order valence-electron chi connectivity index (χ2n) is 3.22. The first-order valence-corrected chi connectivity index (χ1v) is 4.75. The average molecular weight is 208 g/mol. The van der Waals surface area contributed by atoms with Gasteiger partial charge in [-0.25, -0.2) is 4.98 Å². The maximum absolute atomic E-state index is 11.1. The van der Waals surface area contributed by atoms with Gasteiger partial charge in [0, 0.05) is 20.6 Å². The Labute approximate surface area is 89.3 Å². The molecule has 1 aromatic heterocycles. The van der Waals surface area contributed by atoms with Crippen molar-refractivity contribution < 1.29 is 4.79 Å². The van der Waals surface area contributed by atoms with E-state index in [1.165, 1.54) is 0 Å². The molecule has 82 valence electrons. The van der Waals surface area contributed by atoms with Gasteiger partial charge in [0.1, 0.15) is 5.82 Å². The summed E-state index contributed by atoms with van der Waals surface area (Å²) in [6.07, 6.45) is 0. The molecule has 1 aromatic rings. The molecule has 1 heterocycles. The third kappa shape index (κ3) is 3.21. The lowest BCUT2D eigenvalue weighted by atomic mass is 10.3. The van der Waals surface area contributed by atoms with Gasteiger partial charge in [-0.2, -0.15) is 0 Å². The molecule has 3 N–H and O–H groups in total. The van der Waals surface area contributed by atoms with Crippen molar-refractivity contribution in [1.82, 2.24) is 10.3 Å². The van der Waals surface area contributed by atoms with Crippen molar-refractivity contribution in [3.05, 3.63) is 23.9 Å². The van der Waals surface area contributed by atoms with Crippen molar-refractivity contribution in [2.24, 2.45) is 5.73 Å². The molecule has 1 rings (SSSR count). The lowest BCUT2D eigenvalue weighted by molar-refractivity contribution is -0.119. The molecule has 0 unspecified atom stereocenters. The Morgan fingerprint density at radius 3 is 2.93 bits per heavy atom. The Kier molecular flexibility index (Phi) is 4.05. The van der Waals surface area contributed by atoms with Crippen molar-refractivity contribution in [1.29, 1.82) is 0 Å². The van der Waals surface area contributed by atoms with Crippen LogP contribution in [0.3, 0.4) is 0 Å². The van der Waals surface area contributed by atoms with Gasteiger partial charge in [-0.1, -0.05) is 6.07 Å². The maximum atomic E-state index is 11.1.